The molecule has 0 aromatic heterocycles. The number of halogens is 1. The van der Waals surface area contributed by atoms with Crippen molar-refractivity contribution in [2.75, 3.05) is 19.7 Å². The van der Waals surface area contributed by atoms with Crippen molar-refractivity contribution in [1.82, 2.24) is 10.3 Å². The van der Waals surface area contributed by atoms with Gasteiger partial charge in [-0.25, -0.2) is 10.2 Å². The van der Waals surface area contributed by atoms with Crippen LogP contribution in [0.4, 0.5) is 4.39 Å². The summed E-state index contributed by atoms with van der Waals surface area (Å²) < 4.78 is 13.7. The third kappa shape index (κ3) is 4.59. The van der Waals surface area contributed by atoms with E-state index in [0.29, 0.717) is 24.2 Å². The Balaban J connectivity index is 2.88. The monoisotopic (exact) mass is 269 g/mol. The molecule has 4 N–H and O–H groups in total. The number of benzene rings is 1. The predicted molar refractivity (Wildman–Crippen MR) is 70.7 cm³/mol. The highest BCUT2D eigenvalue weighted by Gasteiger charge is 2.12. The van der Waals surface area contributed by atoms with E-state index in [9.17, 15) is 9.18 Å². The van der Waals surface area contributed by atoms with Crippen LogP contribution in [0.15, 0.2) is 18.2 Å². The Morgan fingerprint density at radius 1 is 1.47 bits per heavy atom. The van der Waals surface area contributed by atoms with Gasteiger partial charge in [-0.3, -0.25) is 15.1 Å². The molecular formula is C13H20FN3O2. The second-order valence-corrected chi connectivity index (χ2v) is 4.28. The van der Waals surface area contributed by atoms with Crippen molar-refractivity contribution in [3.05, 3.63) is 35.1 Å². The van der Waals surface area contributed by atoms with E-state index in [1.54, 1.807) is 0 Å². The third-order valence-electron chi connectivity index (χ3n) is 2.79. The number of nitrogens with two attached hydrogens (primary N) is 1. The molecule has 1 aromatic rings. The predicted octanol–water partition coefficient (Wildman–Crippen LogP) is 0.634. The van der Waals surface area contributed by atoms with Gasteiger partial charge >= 0.3 is 0 Å². The van der Waals surface area contributed by atoms with Crippen LogP contribution in [0.5, 0.6) is 0 Å². The zero-order chi connectivity index (χ0) is 14.3. The normalized spacial score (nSPS) is 10.8. The molecule has 0 aliphatic heterocycles. The number of aliphatic hydroxyl groups excluding tert-OH is 1. The van der Waals surface area contributed by atoms with Crippen molar-refractivity contribution in [1.29, 1.82) is 0 Å². The molecule has 0 bridgehead atoms. The van der Waals surface area contributed by atoms with Crippen LogP contribution < -0.4 is 11.3 Å². The number of hydrogen-bond donors (Lipinski definition) is 3. The maximum absolute atomic E-state index is 13.7. The maximum Gasteiger partial charge on any atom is 0.265 e. The first-order valence-corrected chi connectivity index (χ1v) is 6.25. The summed E-state index contributed by atoms with van der Waals surface area (Å²) >= 11 is 0. The van der Waals surface area contributed by atoms with Crippen LogP contribution in [0.1, 0.15) is 29.3 Å². The Kier molecular flexibility index (Phi) is 6.41. The first kappa shape index (κ1) is 15.6. The zero-order valence-electron chi connectivity index (χ0n) is 11.0. The fourth-order valence-corrected chi connectivity index (χ4v) is 1.89. The molecule has 0 saturated heterocycles. The topological polar surface area (TPSA) is 78.6 Å². The van der Waals surface area contributed by atoms with Crippen molar-refractivity contribution in [2.24, 2.45) is 5.84 Å². The molecule has 19 heavy (non-hydrogen) atoms. The number of amides is 1. The second-order valence-electron chi connectivity index (χ2n) is 4.28. The van der Waals surface area contributed by atoms with Gasteiger partial charge in [0, 0.05) is 24.2 Å². The van der Waals surface area contributed by atoms with Gasteiger partial charge in [0.25, 0.3) is 5.91 Å². The standard InChI is InChI=1S/C13H20FN3O2/c1-2-5-17(6-7-18)9-11-8-10(13(19)16-15)3-4-12(11)14/h3-4,8,18H,2,5-7,9,15H2,1H3,(H,16,19). The lowest BCUT2D eigenvalue weighted by Crippen LogP contribution is -2.30. The van der Waals surface area contributed by atoms with Crippen LogP contribution >= 0.6 is 0 Å². The van der Waals surface area contributed by atoms with Crippen molar-refractivity contribution >= 4 is 5.91 Å². The summed E-state index contributed by atoms with van der Waals surface area (Å²) in [6, 6.07) is 4.12. The number of nitrogens with one attached hydrogen (secondary N) is 1. The number of nitrogen functional groups attached to an aromatic ring is 1. The average Bonchev–Trinajstić information content (AvgIpc) is 2.41. The van der Waals surface area contributed by atoms with E-state index in [1.807, 2.05) is 17.2 Å². The van der Waals surface area contributed by atoms with E-state index in [2.05, 4.69) is 0 Å². The van der Waals surface area contributed by atoms with E-state index >= 15 is 0 Å². The minimum Gasteiger partial charge on any atom is -0.395 e. The molecule has 0 heterocycles. The number of aliphatic hydroxyl groups is 1. The summed E-state index contributed by atoms with van der Waals surface area (Å²) in [5.74, 6) is 4.23. The molecule has 1 rings (SSSR count). The summed E-state index contributed by atoms with van der Waals surface area (Å²) in [5.41, 5.74) is 2.75. The van der Waals surface area contributed by atoms with Gasteiger partial charge in [-0.15, -0.1) is 0 Å². The quantitative estimate of drug-likeness (QED) is 0.385. The van der Waals surface area contributed by atoms with Gasteiger partial charge in [-0.05, 0) is 31.2 Å². The molecule has 0 fully saturated rings. The first-order valence-electron chi connectivity index (χ1n) is 6.25. The number of rotatable bonds is 7. The molecule has 0 aliphatic carbocycles. The van der Waals surface area contributed by atoms with Gasteiger partial charge in [0.15, 0.2) is 0 Å². The minimum atomic E-state index is -0.453. The molecule has 5 nitrogen and oxygen atoms in total. The lowest BCUT2D eigenvalue weighted by atomic mass is 10.1. The van der Waals surface area contributed by atoms with Crippen molar-refractivity contribution in [2.45, 2.75) is 19.9 Å². The highest BCUT2D eigenvalue weighted by molar-refractivity contribution is 5.93. The summed E-state index contributed by atoms with van der Waals surface area (Å²) in [6.07, 6.45) is 0.907. The SMILES string of the molecule is CCCN(CCO)Cc1cc(C(=O)NN)ccc1F. The van der Waals surface area contributed by atoms with Crippen LogP contribution in [0.3, 0.4) is 0 Å². The minimum absolute atomic E-state index is 0.0184. The number of hydrogen-bond acceptors (Lipinski definition) is 4. The van der Waals surface area contributed by atoms with Gasteiger partial charge in [0.2, 0.25) is 0 Å². The van der Waals surface area contributed by atoms with E-state index in [1.165, 1.54) is 18.2 Å². The highest BCUT2D eigenvalue weighted by atomic mass is 19.1. The lowest BCUT2D eigenvalue weighted by Gasteiger charge is -2.21. The Morgan fingerprint density at radius 3 is 2.79 bits per heavy atom. The molecule has 6 heteroatoms. The Bertz CT molecular complexity index is 420. The summed E-state index contributed by atoms with van der Waals surface area (Å²) in [7, 11) is 0. The molecule has 0 radical (unpaired) electrons. The van der Waals surface area contributed by atoms with Gasteiger partial charge in [0.1, 0.15) is 5.82 Å². The van der Waals surface area contributed by atoms with E-state index in [-0.39, 0.29) is 12.4 Å². The van der Waals surface area contributed by atoms with Gasteiger partial charge in [-0.1, -0.05) is 6.92 Å². The van der Waals surface area contributed by atoms with Crippen molar-refractivity contribution in [3.8, 4) is 0 Å². The molecule has 106 valence electrons. The average molecular weight is 269 g/mol. The lowest BCUT2D eigenvalue weighted by molar-refractivity contribution is 0.0953. The van der Waals surface area contributed by atoms with E-state index in [4.69, 9.17) is 10.9 Å². The van der Waals surface area contributed by atoms with E-state index in [0.717, 1.165) is 13.0 Å². The fraction of sp³-hybridized carbons (Fsp3) is 0.462. The zero-order valence-corrected chi connectivity index (χ0v) is 11.0. The fourth-order valence-electron chi connectivity index (χ4n) is 1.89. The van der Waals surface area contributed by atoms with E-state index < -0.39 is 5.91 Å². The van der Waals surface area contributed by atoms with Crippen molar-refractivity contribution in [3.63, 3.8) is 0 Å². The van der Waals surface area contributed by atoms with Gasteiger partial charge in [0.05, 0.1) is 6.61 Å². The van der Waals surface area contributed by atoms with Crippen LogP contribution in [0.2, 0.25) is 0 Å². The number of carbonyl (C=O) groups excluding carboxylic acids is 1. The summed E-state index contributed by atoms with van der Waals surface area (Å²) in [4.78, 5) is 13.3. The smallest absolute Gasteiger partial charge is 0.265 e. The van der Waals surface area contributed by atoms with Crippen LogP contribution in [0, 0.1) is 5.82 Å². The summed E-state index contributed by atoms with van der Waals surface area (Å²) in [6.45, 7) is 3.61. The van der Waals surface area contributed by atoms with Crippen LogP contribution in [0.25, 0.3) is 0 Å². The number of hydrazine groups is 1. The molecule has 0 spiro atoms. The molecule has 0 unspecified atom stereocenters. The third-order valence-corrected chi connectivity index (χ3v) is 2.79. The largest absolute Gasteiger partial charge is 0.395 e. The Morgan fingerprint density at radius 2 is 2.21 bits per heavy atom. The molecular weight excluding hydrogens is 249 g/mol. The molecule has 1 amide bonds. The number of carbonyl (C=O) groups is 1. The van der Waals surface area contributed by atoms with Crippen molar-refractivity contribution < 1.29 is 14.3 Å². The van der Waals surface area contributed by atoms with Gasteiger partial charge in [-0.2, -0.15) is 0 Å². The van der Waals surface area contributed by atoms with Crippen LogP contribution in [-0.4, -0.2) is 35.6 Å². The van der Waals surface area contributed by atoms with Gasteiger partial charge < -0.3 is 5.11 Å². The molecule has 0 aliphatic rings. The maximum atomic E-state index is 13.7. The molecule has 0 atom stereocenters. The number of nitrogens with zero attached hydrogens (tertiary/aromatic N) is 1. The molecule has 1 aromatic carbocycles. The Hall–Kier alpha value is -1.50. The molecule has 0 saturated carbocycles. The highest BCUT2D eigenvalue weighted by Crippen LogP contribution is 2.13. The summed E-state index contributed by atoms with van der Waals surface area (Å²) in [5, 5.41) is 8.98. The Labute approximate surface area is 112 Å². The first-order chi connectivity index (χ1) is 9.12. The van der Waals surface area contributed by atoms with Crippen LogP contribution in [-0.2, 0) is 6.54 Å². The second kappa shape index (κ2) is 7.83.